The monoisotopic (exact) mass is 491 g/mol. The van der Waals surface area contributed by atoms with Crippen molar-refractivity contribution in [3.05, 3.63) is 75.9 Å². The van der Waals surface area contributed by atoms with E-state index in [0.717, 1.165) is 31.1 Å². The molecule has 6 nitrogen and oxygen atoms in total. The van der Waals surface area contributed by atoms with Gasteiger partial charge in [-0.25, -0.2) is 13.1 Å². The Morgan fingerprint density at radius 2 is 1.62 bits per heavy atom. The zero-order chi connectivity index (χ0) is 22.6. The second kappa shape index (κ2) is 10.3. The molecule has 170 valence electrons. The van der Waals surface area contributed by atoms with Crippen LogP contribution in [0.15, 0.2) is 71.6 Å². The van der Waals surface area contributed by atoms with Crippen LogP contribution in [0.5, 0.6) is 11.5 Å². The maximum atomic E-state index is 13.0. The highest BCUT2D eigenvalue weighted by Gasteiger charge is 2.27. The van der Waals surface area contributed by atoms with Gasteiger partial charge in [0.25, 0.3) is 0 Å². The van der Waals surface area contributed by atoms with Crippen molar-refractivity contribution in [3.8, 4) is 11.5 Å². The number of hydrogen-bond acceptors (Lipinski definition) is 6. The van der Waals surface area contributed by atoms with E-state index in [9.17, 15) is 8.42 Å². The van der Waals surface area contributed by atoms with Crippen molar-refractivity contribution in [1.82, 2.24) is 14.5 Å². The van der Waals surface area contributed by atoms with Gasteiger partial charge in [-0.05, 0) is 55.6 Å². The van der Waals surface area contributed by atoms with Gasteiger partial charge in [-0.1, -0.05) is 29.8 Å². The fourth-order valence-corrected chi connectivity index (χ4v) is 5.87. The highest BCUT2D eigenvalue weighted by atomic mass is 35.5. The van der Waals surface area contributed by atoms with Crippen LogP contribution in [0.4, 0.5) is 0 Å². The van der Waals surface area contributed by atoms with Crippen molar-refractivity contribution in [1.29, 1.82) is 0 Å². The number of rotatable bonds is 8. The summed E-state index contributed by atoms with van der Waals surface area (Å²) >= 11 is 7.66. The summed E-state index contributed by atoms with van der Waals surface area (Å²) in [4.78, 5) is 5.87. The lowest BCUT2D eigenvalue weighted by Gasteiger charge is -2.37. The Labute approximate surface area is 198 Å². The standard InChI is InChI=1S/C23H26ClN3O3S2/c1-26-13-15-27(16-14-26)21(22-11-12-23(24)31-22)17-25-32(28,29)20-9-7-19(8-10-20)30-18-5-3-2-4-6-18/h2-12,21,25H,13-17H2,1H3. The maximum absolute atomic E-state index is 13.0. The first-order chi connectivity index (χ1) is 15.4. The van der Waals surface area contributed by atoms with Gasteiger partial charge in [0, 0.05) is 37.6 Å². The first-order valence-electron chi connectivity index (χ1n) is 10.4. The molecule has 2 heterocycles. The second-order valence-electron chi connectivity index (χ2n) is 7.74. The summed E-state index contributed by atoms with van der Waals surface area (Å²) in [6.45, 7) is 3.94. The number of piperazine rings is 1. The van der Waals surface area contributed by atoms with Crippen molar-refractivity contribution in [2.75, 3.05) is 39.8 Å². The SMILES string of the molecule is CN1CCN(C(CNS(=O)(=O)c2ccc(Oc3ccccc3)cc2)c2ccc(Cl)s2)CC1. The van der Waals surface area contributed by atoms with Gasteiger partial charge in [0.1, 0.15) is 11.5 Å². The molecule has 0 bridgehead atoms. The number of para-hydroxylation sites is 1. The average molecular weight is 492 g/mol. The van der Waals surface area contributed by atoms with Crippen LogP contribution in [0, 0.1) is 0 Å². The van der Waals surface area contributed by atoms with E-state index in [1.165, 1.54) is 11.3 Å². The van der Waals surface area contributed by atoms with E-state index in [-0.39, 0.29) is 17.5 Å². The lowest BCUT2D eigenvalue weighted by atomic mass is 10.2. The molecule has 9 heteroatoms. The summed E-state index contributed by atoms with van der Waals surface area (Å²) in [7, 11) is -1.57. The lowest BCUT2D eigenvalue weighted by molar-refractivity contribution is 0.114. The van der Waals surface area contributed by atoms with Gasteiger partial charge < -0.3 is 9.64 Å². The van der Waals surface area contributed by atoms with Crippen LogP contribution in [-0.4, -0.2) is 58.0 Å². The predicted octanol–water partition coefficient (Wildman–Crippen LogP) is 4.46. The minimum Gasteiger partial charge on any atom is -0.457 e. The zero-order valence-electron chi connectivity index (χ0n) is 17.8. The van der Waals surface area contributed by atoms with Gasteiger partial charge in [0.05, 0.1) is 15.3 Å². The quantitative estimate of drug-likeness (QED) is 0.504. The molecule has 3 aromatic rings. The number of thiophene rings is 1. The van der Waals surface area contributed by atoms with Crippen molar-refractivity contribution < 1.29 is 13.2 Å². The molecule has 4 rings (SSSR count). The average Bonchev–Trinajstić information content (AvgIpc) is 3.22. The number of ether oxygens (including phenoxy) is 1. The van der Waals surface area contributed by atoms with E-state index in [0.29, 0.717) is 15.8 Å². The molecule has 1 aliphatic heterocycles. The molecule has 0 spiro atoms. The smallest absolute Gasteiger partial charge is 0.240 e. The Bertz CT molecular complexity index is 1110. The summed E-state index contributed by atoms with van der Waals surface area (Å²) in [6, 6.07) is 19.6. The number of hydrogen-bond donors (Lipinski definition) is 1. The molecule has 2 aromatic carbocycles. The summed E-state index contributed by atoms with van der Waals surface area (Å²) in [5, 5.41) is 0. The summed E-state index contributed by atoms with van der Waals surface area (Å²) in [5.74, 6) is 1.28. The number of nitrogens with one attached hydrogen (secondary N) is 1. The van der Waals surface area contributed by atoms with Crippen LogP contribution in [0.1, 0.15) is 10.9 Å². The minimum atomic E-state index is -3.67. The van der Waals surface area contributed by atoms with Crippen LogP contribution in [0.25, 0.3) is 0 Å². The van der Waals surface area contributed by atoms with Crippen LogP contribution < -0.4 is 9.46 Å². The minimum absolute atomic E-state index is 0.0586. The third kappa shape index (κ3) is 5.89. The summed E-state index contributed by atoms with van der Waals surface area (Å²) < 4.78 is 35.2. The van der Waals surface area contributed by atoms with Gasteiger partial charge in [-0.15, -0.1) is 11.3 Å². The van der Waals surface area contributed by atoms with Gasteiger partial charge in [-0.2, -0.15) is 0 Å². The van der Waals surface area contributed by atoms with Gasteiger partial charge in [-0.3, -0.25) is 4.90 Å². The van der Waals surface area contributed by atoms with E-state index in [2.05, 4.69) is 21.6 Å². The van der Waals surface area contributed by atoms with Crippen molar-refractivity contribution in [2.45, 2.75) is 10.9 Å². The Morgan fingerprint density at radius 1 is 0.969 bits per heavy atom. The van der Waals surface area contributed by atoms with Crippen LogP contribution in [-0.2, 0) is 10.0 Å². The van der Waals surface area contributed by atoms with E-state index >= 15 is 0 Å². The number of benzene rings is 2. The topological polar surface area (TPSA) is 61.9 Å². The molecule has 1 aliphatic rings. The van der Waals surface area contributed by atoms with Crippen molar-refractivity contribution >= 4 is 33.0 Å². The highest BCUT2D eigenvalue weighted by Crippen LogP contribution is 2.31. The molecule has 32 heavy (non-hydrogen) atoms. The Kier molecular flexibility index (Phi) is 7.50. The third-order valence-corrected chi connectivity index (χ3v) is 8.25. The van der Waals surface area contributed by atoms with Gasteiger partial charge in [0.2, 0.25) is 10.0 Å². The molecule has 0 aliphatic carbocycles. The van der Waals surface area contributed by atoms with Crippen LogP contribution in [0.2, 0.25) is 4.34 Å². The summed E-state index contributed by atoms with van der Waals surface area (Å²) in [6.07, 6.45) is 0. The Balaban J connectivity index is 1.45. The summed E-state index contributed by atoms with van der Waals surface area (Å²) in [5.41, 5.74) is 0. The molecule has 0 saturated carbocycles. The molecule has 1 aromatic heterocycles. The number of nitrogens with zero attached hydrogens (tertiary/aromatic N) is 2. The molecule has 1 N–H and O–H groups in total. The fraction of sp³-hybridized carbons (Fsp3) is 0.304. The molecule has 0 amide bonds. The maximum Gasteiger partial charge on any atom is 0.240 e. The molecular weight excluding hydrogens is 466 g/mol. The van der Waals surface area contributed by atoms with Crippen molar-refractivity contribution in [2.24, 2.45) is 0 Å². The second-order valence-corrected chi connectivity index (χ2v) is 11.2. The number of likely N-dealkylation sites (N-methyl/N-ethyl adjacent to an activating group) is 1. The van der Waals surface area contributed by atoms with Crippen LogP contribution >= 0.6 is 22.9 Å². The van der Waals surface area contributed by atoms with Gasteiger partial charge >= 0.3 is 0 Å². The normalized spacial score (nSPS) is 16.7. The van der Waals surface area contributed by atoms with Gasteiger partial charge in [0.15, 0.2) is 0 Å². The largest absolute Gasteiger partial charge is 0.457 e. The van der Waals surface area contributed by atoms with E-state index < -0.39 is 10.0 Å². The number of sulfonamides is 1. The van der Waals surface area contributed by atoms with Crippen molar-refractivity contribution in [3.63, 3.8) is 0 Å². The Hall–Kier alpha value is -1.94. The number of halogens is 1. The molecule has 0 radical (unpaired) electrons. The molecule has 1 fully saturated rings. The lowest BCUT2D eigenvalue weighted by Crippen LogP contribution is -2.48. The molecule has 1 saturated heterocycles. The van der Waals surface area contributed by atoms with E-state index in [1.807, 2.05) is 42.5 Å². The van der Waals surface area contributed by atoms with E-state index in [4.69, 9.17) is 16.3 Å². The zero-order valence-corrected chi connectivity index (χ0v) is 20.2. The predicted molar refractivity (Wildman–Crippen MR) is 129 cm³/mol. The molecule has 1 unspecified atom stereocenters. The molecule has 1 atom stereocenters. The van der Waals surface area contributed by atoms with Crippen LogP contribution in [0.3, 0.4) is 0 Å². The fourth-order valence-electron chi connectivity index (χ4n) is 3.63. The van der Waals surface area contributed by atoms with E-state index in [1.54, 1.807) is 24.3 Å². The first-order valence-corrected chi connectivity index (χ1v) is 13.1. The first kappa shape index (κ1) is 23.2. The third-order valence-electron chi connectivity index (χ3n) is 5.48. The Morgan fingerprint density at radius 3 is 2.25 bits per heavy atom. The highest BCUT2D eigenvalue weighted by molar-refractivity contribution is 7.89. The molecular formula is C23H26ClN3O3S2.